The summed E-state index contributed by atoms with van der Waals surface area (Å²) in [5.41, 5.74) is 4.24. The molecule has 1 aliphatic heterocycles. The molecule has 0 spiro atoms. The Balaban J connectivity index is 1.33. The fraction of sp³-hybridized carbons (Fsp3) is 0.333. The second-order valence-electron chi connectivity index (χ2n) is 7.12. The van der Waals surface area contributed by atoms with Crippen LogP contribution in [0, 0.1) is 12.8 Å². The first-order chi connectivity index (χ1) is 12.7. The molecule has 1 aliphatic rings. The topological polar surface area (TPSA) is 50.2 Å². The van der Waals surface area contributed by atoms with Crippen LogP contribution in [0.15, 0.2) is 54.9 Å². The third-order valence-corrected chi connectivity index (χ3v) is 5.15. The summed E-state index contributed by atoms with van der Waals surface area (Å²) in [7, 11) is 0. The van der Waals surface area contributed by atoms with Crippen LogP contribution in [0.5, 0.6) is 0 Å². The van der Waals surface area contributed by atoms with Crippen LogP contribution < -0.4 is 5.32 Å². The van der Waals surface area contributed by atoms with Gasteiger partial charge >= 0.3 is 6.03 Å². The minimum atomic E-state index is 0.00197. The number of hydrogen-bond donors (Lipinski definition) is 1. The zero-order valence-electron chi connectivity index (χ0n) is 15.1. The first kappa shape index (κ1) is 16.6. The Labute approximate surface area is 153 Å². The van der Waals surface area contributed by atoms with E-state index < -0.39 is 0 Å². The standard InChI is InChI=1S/C21H24N4O/c1-16-5-4-6-18(13-16)23-21(26)24-11-9-17(10-12-24)14-25-15-22-19-7-2-3-8-20(19)25/h2-8,13,15,17H,9-12,14H2,1H3,(H,23,26). The van der Waals surface area contributed by atoms with Gasteiger partial charge in [-0.3, -0.25) is 0 Å². The lowest BCUT2D eigenvalue weighted by molar-refractivity contribution is 0.177. The van der Waals surface area contributed by atoms with Crippen molar-refractivity contribution in [3.8, 4) is 0 Å². The van der Waals surface area contributed by atoms with Gasteiger partial charge in [-0.25, -0.2) is 9.78 Å². The van der Waals surface area contributed by atoms with E-state index in [1.807, 2.05) is 54.5 Å². The van der Waals surface area contributed by atoms with Crippen LogP contribution in [-0.4, -0.2) is 33.6 Å². The summed E-state index contributed by atoms with van der Waals surface area (Å²) in [5.74, 6) is 0.579. The second kappa shape index (κ2) is 7.20. The van der Waals surface area contributed by atoms with Gasteiger partial charge in [0.25, 0.3) is 0 Å². The van der Waals surface area contributed by atoms with Gasteiger partial charge < -0.3 is 14.8 Å². The van der Waals surface area contributed by atoms with Gasteiger partial charge in [-0.2, -0.15) is 0 Å². The van der Waals surface area contributed by atoms with E-state index in [4.69, 9.17) is 0 Å². The highest BCUT2D eigenvalue weighted by molar-refractivity contribution is 5.89. The van der Waals surface area contributed by atoms with Crippen molar-refractivity contribution in [3.63, 3.8) is 0 Å². The molecule has 26 heavy (non-hydrogen) atoms. The lowest BCUT2D eigenvalue weighted by Crippen LogP contribution is -2.41. The van der Waals surface area contributed by atoms with Gasteiger partial charge in [-0.1, -0.05) is 24.3 Å². The molecule has 4 rings (SSSR count). The molecule has 2 amide bonds. The molecule has 0 bridgehead atoms. The first-order valence-corrected chi connectivity index (χ1v) is 9.21. The molecule has 1 fully saturated rings. The molecule has 0 atom stereocenters. The van der Waals surface area contributed by atoms with Crippen LogP contribution in [0.4, 0.5) is 10.5 Å². The number of rotatable bonds is 3. The molecule has 0 unspecified atom stereocenters. The highest BCUT2D eigenvalue weighted by Crippen LogP contribution is 2.22. The number of fused-ring (bicyclic) bond motifs is 1. The molecule has 0 saturated carbocycles. The minimum Gasteiger partial charge on any atom is -0.330 e. The Morgan fingerprint density at radius 3 is 2.77 bits per heavy atom. The van der Waals surface area contributed by atoms with Crippen LogP contribution in [0.3, 0.4) is 0 Å². The zero-order valence-corrected chi connectivity index (χ0v) is 15.1. The van der Waals surface area contributed by atoms with Gasteiger partial charge in [0, 0.05) is 25.3 Å². The monoisotopic (exact) mass is 348 g/mol. The number of nitrogens with zero attached hydrogens (tertiary/aromatic N) is 3. The molecule has 2 heterocycles. The zero-order chi connectivity index (χ0) is 17.9. The number of urea groups is 1. The van der Waals surface area contributed by atoms with Gasteiger partial charge in [0.1, 0.15) is 0 Å². The van der Waals surface area contributed by atoms with Gasteiger partial charge in [0.2, 0.25) is 0 Å². The van der Waals surface area contributed by atoms with E-state index >= 15 is 0 Å². The van der Waals surface area contributed by atoms with Crippen LogP contribution in [0.1, 0.15) is 18.4 Å². The number of nitrogens with one attached hydrogen (secondary N) is 1. The number of para-hydroxylation sites is 2. The number of carbonyl (C=O) groups is 1. The van der Waals surface area contributed by atoms with Gasteiger partial charge in [-0.05, 0) is 55.5 Å². The average molecular weight is 348 g/mol. The molecule has 0 aliphatic carbocycles. The Bertz CT molecular complexity index is 909. The van der Waals surface area contributed by atoms with Crippen molar-refractivity contribution >= 4 is 22.8 Å². The van der Waals surface area contributed by atoms with Crippen LogP contribution >= 0.6 is 0 Å². The molecule has 134 valence electrons. The van der Waals surface area contributed by atoms with Crippen LogP contribution in [-0.2, 0) is 6.54 Å². The number of anilines is 1. The first-order valence-electron chi connectivity index (χ1n) is 9.21. The van der Waals surface area contributed by atoms with E-state index in [1.54, 1.807) is 0 Å². The number of hydrogen-bond acceptors (Lipinski definition) is 2. The number of amides is 2. The van der Waals surface area contributed by atoms with E-state index in [9.17, 15) is 4.79 Å². The molecule has 0 radical (unpaired) electrons. The number of benzene rings is 2. The summed E-state index contributed by atoms with van der Waals surface area (Å²) >= 11 is 0. The third kappa shape index (κ3) is 3.57. The molecule has 1 aromatic heterocycles. The molecule has 1 N–H and O–H groups in total. The molecular formula is C21H24N4O. The summed E-state index contributed by atoms with van der Waals surface area (Å²) in [6.45, 7) is 4.60. The van der Waals surface area contributed by atoms with Crippen molar-refractivity contribution < 1.29 is 4.79 Å². The molecule has 2 aromatic carbocycles. The lowest BCUT2D eigenvalue weighted by Gasteiger charge is -2.32. The second-order valence-corrected chi connectivity index (χ2v) is 7.12. The maximum Gasteiger partial charge on any atom is 0.321 e. The largest absolute Gasteiger partial charge is 0.330 e. The Morgan fingerprint density at radius 2 is 1.96 bits per heavy atom. The van der Waals surface area contributed by atoms with Gasteiger partial charge in [-0.15, -0.1) is 0 Å². The summed E-state index contributed by atoms with van der Waals surface area (Å²) in [5, 5.41) is 3.01. The normalized spacial score (nSPS) is 15.3. The lowest BCUT2D eigenvalue weighted by atomic mass is 9.97. The predicted molar refractivity (Wildman–Crippen MR) is 104 cm³/mol. The molecule has 5 heteroatoms. The average Bonchev–Trinajstić information content (AvgIpc) is 3.05. The Hall–Kier alpha value is -2.82. The smallest absolute Gasteiger partial charge is 0.321 e. The molecular weight excluding hydrogens is 324 g/mol. The number of piperidine rings is 1. The highest BCUT2D eigenvalue weighted by Gasteiger charge is 2.23. The SMILES string of the molecule is Cc1cccc(NC(=O)N2CCC(Cn3cnc4ccccc43)CC2)c1. The minimum absolute atomic E-state index is 0.00197. The maximum atomic E-state index is 12.5. The number of aromatic nitrogens is 2. The van der Waals surface area contributed by atoms with Crippen molar-refractivity contribution in [2.24, 2.45) is 5.92 Å². The van der Waals surface area contributed by atoms with Gasteiger partial charge in [0.15, 0.2) is 0 Å². The summed E-state index contributed by atoms with van der Waals surface area (Å²) in [6.07, 6.45) is 3.98. The maximum absolute atomic E-state index is 12.5. The molecule has 3 aromatic rings. The highest BCUT2D eigenvalue weighted by atomic mass is 16.2. The molecule has 1 saturated heterocycles. The third-order valence-electron chi connectivity index (χ3n) is 5.15. The van der Waals surface area contributed by atoms with Crippen molar-refractivity contribution in [2.75, 3.05) is 18.4 Å². The fourth-order valence-corrected chi connectivity index (χ4v) is 3.68. The van der Waals surface area contributed by atoms with E-state index in [0.717, 1.165) is 49.2 Å². The summed E-state index contributed by atoms with van der Waals surface area (Å²) in [6, 6.07) is 16.2. The molecule has 5 nitrogen and oxygen atoms in total. The quantitative estimate of drug-likeness (QED) is 0.768. The number of imidazole rings is 1. The van der Waals surface area contributed by atoms with Crippen LogP contribution in [0.25, 0.3) is 11.0 Å². The van der Waals surface area contributed by atoms with Crippen molar-refractivity contribution in [1.29, 1.82) is 0 Å². The number of aryl methyl sites for hydroxylation is 1. The summed E-state index contributed by atoms with van der Waals surface area (Å²) < 4.78 is 2.24. The fourth-order valence-electron chi connectivity index (χ4n) is 3.68. The van der Waals surface area contributed by atoms with Crippen molar-refractivity contribution in [3.05, 3.63) is 60.4 Å². The predicted octanol–water partition coefficient (Wildman–Crippen LogP) is 4.29. The van der Waals surface area contributed by atoms with E-state index in [-0.39, 0.29) is 6.03 Å². The van der Waals surface area contributed by atoms with Crippen molar-refractivity contribution in [2.45, 2.75) is 26.3 Å². The Kier molecular flexibility index (Phi) is 4.61. The number of carbonyl (C=O) groups excluding carboxylic acids is 1. The number of likely N-dealkylation sites (tertiary alicyclic amines) is 1. The van der Waals surface area contributed by atoms with Gasteiger partial charge in [0.05, 0.1) is 17.4 Å². The van der Waals surface area contributed by atoms with Crippen LogP contribution in [0.2, 0.25) is 0 Å². The van der Waals surface area contributed by atoms with Crippen molar-refractivity contribution in [1.82, 2.24) is 14.5 Å². The van der Waals surface area contributed by atoms with E-state index in [0.29, 0.717) is 5.92 Å². The van der Waals surface area contributed by atoms with E-state index in [1.165, 1.54) is 5.52 Å². The summed E-state index contributed by atoms with van der Waals surface area (Å²) in [4.78, 5) is 18.9. The van der Waals surface area contributed by atoms with E-state index in [2.05, 4.69) is 27.0 Å². The Morgan fingerprint density at radius 1 is 1.15 bits per heavy atom.